The lowest BCUT2D eigenvalue weighted by molar-refractivity contribution is 0.629. The van der Waals surface area contributed by atoms with E-state index in [1.165, 1.54) is 11.1 Å². The summed E-state index contributed by atoms with van der Waals surface area (Å²) in [6, 6.07) is 11.1. The van der Waals surface area contributed by atoms with E-state index in [4.69, 9.17) is 0 Å². The molecule has 16 heavy (non-hydrogen) atoms. The normalized spacial score (nSPS) is 15.9. The van der Waals surface area contributed by atoms with E-state index in [-0.39, 0.29) is 0 Å². The molecule has 0 aliphatic carbocycles. The number of nitrogens with one attached hydrogen (secondary N) is 1. The van der Waals surface area contributed by atoms with Crippen molar-refractivity contribution in [2.24, 2.45) is 0 Å². The van der Waals surface area contributed by atoms with Crippen molar-refractivity contribution in [3.05, 3.63) is 47.5 Å². The highest BCUT2D eigenvalue weighted by molar-refractivity contribution is 5.25. The average Bonchev–Trinajstić information content (AvgIpc) is 2.30. The summed E-state index contributed by atoms with van der Waals surface area (Å²) in [7, 11) is 0. The van der Waals surface area contributed by atoms with E-state index in [9.17, 15) is 0 Å². The van der Waals surface area contributed by atoms with Crippen molar-refractivity contribution in [3.63, 3.8) is 0 Å². The lowest BCUT2D eigenvalue weighted by Gasteiger charge is -2.15. The zero-order valence-corrected chi connectivity index (χ0v) is 10.8. The van der Waals surface area contributed by atoms with E-state index in [0.717, 1.165) is 6.54 Å². The van der Waals surface area contributed by atoms with E-state index >= 15 is 0 Å². The van der Waals surface area contributed by atoms with E-state index in [1.54, 1.807) is 0 Å². The minimum Gasteiger partial charge on any atom is -0.311 e. The number of allylic oxidation sites excluding steroid dienone is 1. The zero-order valence-electron chi connectivity index (χ0n) is 10.8. The van der Waals surface area contributed by atoms with Gasteiger partial charge < -0.3 is 5.32 Å². The maximum atomic E-state index is 3.43. The third kappa shape index (κ3) is 3.82. The summed E-state index contributed by atoms with van der Waals surface area (Å²) in [6.45, 7) is 9.83. The highest BCUT2D eigenvalue weighted by atomic mass is 14.9. The molecule has 88 valence electrons. The van der Waals surface area contributed by atoms with Crippen molar-refractivity contribution < 1.29 is 0 Å². The van der Waals surface area contributed by atoms with Gasteiger partial charge in [-0.25, -0.2) is 0 Å². The van der Waals surface area contributed by atoms with Crippen LogP contribution in [-0.2, 0) is 0 Å². The fraction of sp³-hybridized carbons (Fsp3) is 0.467. The van der Waals surface area contributed by atoms with Crippen molar-refractivity contribution in [2.75, 3.05) is 6.54 Å². The van der Waals surface area contributed by atoms with Crippen molar-refractivity contribution in [3.8, 4) is 0 Å². The first-order chi connectivity index (χ1) is 7.65. The smallest absolute Gasteiger partial charge is 0.0248 e. The molecule has 1 nitrogen and oxygen atoms in total. The van der Waals surface area contributed by atoms with Crippen LogP contribution >= 0.6 is 0 Å². The van der Waals surface area contributed by atoms with Gasteiger partial charge in [0, 0.05) is 6.04 Å². The van der Waals surface area contributed by atoms with Crippen LogP contribution < -0.4 is 5.32 Å². The van der Waals surface area contributed by atoms with Crippen molar-refractivity contribution in [1.82, 2.24) is 5.32 Å². The molecule has 1 aromatic rings. The molecular formula is C15H23N. The SMILES string of the molecule is CCNC(C)/C(C)=C/C(C)c1ccccc1. The van der Waals surface area contributed by atoms with Gasteiger partial charge in [0.25, 0.3) is 0 Å². The molecule has 0 heterocycles. The van der Waals surface area contributed by atoms with Crippen LogP contribution in [0.4, 0.5) is 0 Å². The molecule has 1 rings (SSSR count). The van der Waals surface area contributed by atoms with Crippen LogP contribution in [-0.4, -0.2) is 12.6 Å². The quantitative estimate of drug-likeness (QED) is 0.741. The molecule has 2 unspecified atom stereocenters. The third-order valence-corrected chi connectivity index (χ3v) is 3.03. The van der Waals surface area contributed by atoms with Crippen LogP contribution in [0.15, 0.2) is 42.0 Å². The summed E-state index contributed by atoms with van der Waals surface area (Å²) in [5.74, 6) is 0.488. The van der Waals surface area contributed by atoms with E-state index in [2.05, 4.69) is 69.4 Å². The first kappa shape index (κ1) is 13.0. The van der Waals surface area contributed by atoms with E-state index in [0.29, 0.717) is 12.0 Å². The number of hydrogen-bond donors (Lipinski definition) is 1. The van der Waals surface area contributed by atoms with Crippen LogP contribution in [0.1, 0.15) is 39.2 Å². The second kappa shape index (κ2) is 6.49. The summed E-state index contributed by atoms with van der Waals surface area (Å²) in [5, 5.41) is 3.43. The van der Waals surface area contributed by atoms with Gasteiger partial charge in [0.15, 0.2) is 0 Å². The first-order valence-electron chi connectivity index (χ1n) is 6.11. The Kier molecular flexibility index (Phi) is 5.27. The minimum absolute atomic E-state index is 0.469. The molecule has 0 radical (unpaired) electrons. The highest BCUT2D eigenvalue weighted by Gasteiger charge is 2.05. The van der Waals surface area contributed by atoms with Gasteiger partial charge in [-0.05, 0) is 31.9 Å². The maximum absolute atomic E-state index is 3.43. The van der Waals surface area contributed by atoms with Crippen LogP contribution in [0.2, 0.25) is 0 Å². The second-order valence-corrected chi connectivity index (χ2v) is 4.39. The summed E-state index contributed by atoms with van der Waals surface area (Å²) in [4.78, 5) is 0. The molecule has 0 saturated heterocycles. The van der Waals surface area contributed by atoms with Crippen molar-refractivity contribution in [1.29, 1.82) is 0 Å². The molecule has 2 atom stereocenters. The molecular weight excluding hydrogens is 194 g/mol. The Bertz CT molecular complexity index is 327. The van der Waals surface area contributed by atoms with Gasteiger partial charge in [0.1, 0.15) is 0 Å². The van der Waals surface area contributed by atoms with Gasteiger partial charge in [-0.1, -0.05) is 55.8 Å². The number of benzene rings is 1. The van der Waals surface area contributed by atoms with Gasteiger partial charge in [-0.2, -0.15) is 0 Å². The molecule has 0 aliphatic heterocycles. The first-order valence-corrected chi connectivity index (χ1v) is 6.11. The Morgan fingerprint density at radius 1 is 1.25 bits per heavy atom. The van der Waals surface area contributed by atoms with Gasteiger partial charge in [-0.15, -0.1) is 0 Å². The Hall–Kier alpha value is -1.08. The zero-order chi connectivity index (χ0) is 12.0. The molecule has 1 heteroatoms. The molecule has 0 saturated carbocycles. The summed E-state index contributed by atoms with van der Waals surface area (Å²) < 4.78 is 0. The van der Waals surface area contributed by atoms with Gasteiger partial charge in [0.05, 0.1) is 0 Å². The fourth-order valence-corrected chi connectivity index (χ4v) is 1.86. The third-order valence-electron chi connectivity index (χ3n) is 3.03. The monoisotopic (exact) mass is 217 g/mol. The molecule has 0 aliphatic rings. The minimum atomic E-state index is 0.469. The standard InChI is InChI=1S/C15H23N/c1-5-16-14(4)12(2)11-13(3)15-9-7-6-8-10-15/h6-11,13-14,16H,5H2,1-4H3/b12-11+. The van der Waals surface area contributed by atoms with Crippen molar-refractivity contribution >= 4 is 0 Å². The van der Waals surface area contributed by atoms with Crippen LogP contribution in [0.25, 0.3) is 0 Å². The van der Waals surface area contributed by atoms with Crippen molar-refractivity contribution in [2.45, 2.75) is 39.7 Å². The average molecular weight is 217 g/mol. The lowest BCUT2D eigenvalue weighted by atomic mass is 9.97. The number of likely N-dealkylation sites (N-methyl/N-ethyl adjacent to an activating group) is 1. The van der Waals surface area contributed by atoms with Crippen LogP contribution in [0.3, 0.4) is 0 Å². The van der Waals surface area contributed by atoms with Gasteiger partial charge in [0.2, 0.25) is 0 Å². The summed E-state index contributed by atoms with van der Waals surface area (Å²) in [5.41, 5.74) is 2.80. The Morgan fingerprint density at radius 2 is 1.88 bits per heavy atom. The predicted octanol–water partition coefficient (Wildman–Crippen LogP) is 3.73. The maximum Gasteiger partial charge on any atom is 0.0248 e. The van der Waals surface area contributed by atoms with E-state index < -0.39 is 0 Å². The van der Waals surface area contributed by atoms with E-state index in [1.807, 2.05) is 0 Å². The van der Waals surface area contributed by atoms with Gasteiger partial charge >= 0.3 is 0 Å². The number of hydrogen-bond acceptors (Lipinski definition) is 1. The molecule has 0 amide bonds. The number of rotatable bonds is 5. The Balaban J connectivity index is 2.69. The highest BCUT2D eigenvalue weighted by Crippen LogP contribution is 2.18. The summed E-state index contributed by atoms with van der Waals surface area (Å²) in [6.07, 6.45) is 2.35. The van der Waals surface area contributed by atoms with Gasteiger partial charge in [-0.3, -0.25) is 0 Å². The molecule has 0 aromatic heterocycles. The molecule has 0 fully saturated rings. The molecule has 1 N–H and O–H groups in total. The lowest BCUT2D eigenvalue weighted by Crippen LogP contribution is -2.26. The molecule has 1 aromatic carbocycles. The fourth-order valence-electron chi connectivity index (χ4n) is 1.86. The predicted molar refractivity (Wildman–Crippen MR) is 71.8 cm³/mol. The topological polar surface area (TPSA) is 12.0 Å². The molecule has 0 spiro atoms. The Morgan fingerprint density at radius 3 is 2.44 bits per heavy atom. The van der Waals surface area contributed by atoms with Crippen LogP contribution in [0, 0.1) is 0 Å². The Labute approximate surface area is 99.6 Å². The largest absolute Gasteiger partial charge is 0.311 e. The molecule has 0 bridgehead atoms. The van der Waals surface area contributed by atoms with Crippen LogP contribution in [0.5, 0.6) is 0 Å². The second-order valence-electron chi connectivity index (χ2n) is 4.39. The summed E-state index contributed by atoms with van der Waals surface area (Å²) >= 11 is 0.